The summed E-state index contributed by atoms with van der Waals surface area (Å²) in [6.07, 6.45) is -0.372. The standard InChI is InChI=1S/C19H19ClN2O5/c1-3-27-19(25)12-4-6-13(7-5-12)21-17(23)11-18(24)22-14-8-9-16(26-2)15(20)10-14/h4-10H,3,11H2,1-2H3,(H,21,23)(H,22,24). The molecule has 0 aliphatic heterocycles. The van der Waals surface area contributed by atoms with Crippen LogP contribution in [0.1, 0.15) is 23.7 Å². The smallest absolute Gasteiger partial charge is 0.338 e. The molecule has 0 fully saturated rings. The van der Waals surface area contributed by atoms with Crippen LogP contribution in [0.15, 0.2) is 42.5 Å². The zero-order valence-electron chi connectivity index (χ0n) is 14.9. The number of rotatable bonds is 7. The minimum Gasteiger partial charge on any atom is -0.495 e. The van der Waals surface area contributed by atoms with E-state index in [0.717, 1.165) is 0 Å². The Labute approximate surface area is 161 Å². The first-order valence-electron chi connectivity index (χ1n) is 8.13. The number of hydrogen-bond acceptors (Lipinski definition) is 5. The number of esters is 1. The summed E-state index contributed by atoms with van der Waals surface area (Å²) < 4.78 is 9.92. The Morgan fingerprint density at radius 1 is 0.963 bits per heavy atom. The number of halogens is 1. The van der Waals surface area contributed by atoms with Crippen molar-refractivity contribution in [1.82, 2.24) is 0 Å². The van der Waals surface area contributed by atoms with E-state index in [0.29, 0.717) is 27.7 Å². The second-order valence-electron chi connectivity index (χ2n) is 5.42. The maximum absolute atomic E-state index is 12.0. The van der Waals surface area contributed by atoms with Crippen LogP contribution in [0.25, 0.3) is 0 Å². The van der Waals surface area contributed by atoms with E-state index in [-0.39, 0.29) is 13.0 Å². The van der Waals surface area contributed by atoms with Crippen LogP contribution in [-0.2, 0) is 14.3 Å². The molecule has 0 aliphatic rings. The lowest BCUT2D eigenvalue weighted by Gasteiger charge is -2.09. The number of carbonyl (C=O) groups is 3. The van der Waals surface area contributed by atoms with Gasteiger partial charge in [0.05, 0.1) is 24.3 Å². The minimum absolute atomic E-state index is 0.284. The van der Waals surface area contributed by atoms with Gasteiger partial charge in [0.1, 0.15) is 12.2 Å². The maximum Gasteiger partial charge on any atom is 0.338 e. The molecule has 142 valence electrons. The third kappa shape index (κ3) is 6.00. The van der Waals surface area contributed by atoms with Crippen LogP contribution in [0, 0.1) is 0 Å². The van der Waals surface area contributed by atoms with Gasteiger partial charge in [-0.15, -0.1) is 0 Å². The monoisotopic (exact) mass is 390 g/mol. The van der Waals surface area contributed by atoms with Crippen LogP contribution in [0.3, 0.4) is 0 Å². The lowest BCUT2D eigenvalue weighted by atomic mass is 10.2. The van der Waals surface area contributed by atoms with E-state index in [1.165, 1.54) is 25.3 Å². The molecule has 27 heavy (non-hydrogen) atoms. The summed E-state index contributed by atoms with van der Waals surface area (Å²) >= 11 is 5.99. The molecule has 2 aromatic rings. The largest absolute Gasteiger partial charge is 0.495 e. The van der Waals surface area contributed by atoms with Crippen LogP contribution in [0.2, 0.25) is 5.02 Å². The highest BCUT2D eigenvalue weighted by Gasteiger charge is 2.12. The molecule has 2 rings (SSSR count). The maximum atomic E-state index is 12.0. The van der Waals surface area contributed by atoms with Gasteiger partial charge in [-0.3, -0.25) is 9.59 Å². The Hall–Kier alpha value is -3.06. The van der Waals surface area contributed by atoms with Gasteiger partial charge in [0.2, 0.25) is 11.8 Å². The Morgan fingerprint density at radius 3 is 2.11 bits per heavy atom. The first kappa shape index (κ1) is 20.3. The van der Waals surface area contributed by atoms with Crippen molar-refractivity contribution in [3.8, 4) is 5.75 Å². The first-order chi connectivity index (χ1) is 12.9. The predicted octanol–water partition coefficient (Wildman–Crippen LogP) is 3.49. The van der Waals surface area contributed by atoms with Gasteiger partial charge in [-0.05, 0) is 49.4 Å². The molecule has 2 N–H and O–H groups in total. The SMILES string of the molecule is CCOC(=O)c1ccc(NC(=O)CC(=O)Nc2ccc(OC)c(Cl)c2)cc1. The number of anilines is 2. The minimum atomic E-state index is -0.490. The quantitative estimate of drug-likeness (QED) is 0.557. The van der Waals surface area contributed by atoms with Crippen molar-refractivity contribution < 1.29 is 23.9 Å². The van der Waals surface area contributed by atoms with Gasteiger partial charge >= 0.3 is 5.97 Å². The van der Waals surface area contributed by atoms with Crippen molar-refractivity contribution in [1.29, 1.82) is 0 Å². The summed E-state index contributed by atoms with van der Waals surface area (Å²) in [4.78, 5) is 35.6. The third-order valence-electron chi connectivity index (χ3n) is 3.44. The molecule has 0 heterocycles. The molecule has 2 amide bonds. The lowest BCUT2D eigenvalue weighted by molar-refractivity contribution is -0.123. The van der Waals surface area contributed by atoms with Crippen molar-refractivity contribution in [2.24, 2.45) is 0 Å². The Bertz CT molecular complexity index is 836. The summed E-state index contributed by atoms with van der Waals surface area (Å²) in [7, 11) is 1.49. The van der Waals surface area contributed by atoms with Crippen molar-refractivity contribution in [2.45, 2.75) is 13.3 Å². The molecule has 0 saturated heterocycles. The van der Waals surface area contributed by atoms with Crippen LogP contribution >= 0.6 is 11.6 Å². The lowest BCUT2D eigenvalue weighted by Crippen LogP contribution is -2.21. The number of hydrogen-bond donors (Lipinski definition) is 2. The van der Waals surface area contributed by atoms with Gasteiger partial charge in [0, 0.05) is 11.4 Å². The van der Waals surface area contributed by atoms with E-state index in [2.05, 4.69) is 10.6 Å². The second-order valence-corrected chi connectivity index (χ2v) is 5.83. The average Bonchev–Trinajstić information content (AvgIpc) is 2.62. The highest BCUT2D eigenvalue weighted by molar-refractivity contribution is 6.32. The number of ether oxygens (including phenoxy) is 2. The number of amides is 2. The topological polar surface area (TPSA) is 93.7 Å². The normalized spacial score (nSPS) is 10.0. The van der Waals surface area contributed by atoms with E-state index < -0.39 is 17.8 Å². The molecule has 0 aliphatic carbocycles. The van der Waals surface area contributed by atoms with Crippen molar-refractivity contribution in [2.75, 3.05) is 24.4 Å². The molecule has 0 bridgehead atoms. The molecule has 0 spiro atoms. The number of methoxy groups -OCH3 is 1. The molecular weight excluding hydrogens is 372 g/mol. The second kappa shape index (κ2) is 9.59. The number of nitrogens with one attached hydrogen (secondary N) is 2. The number of carbonyl (C=O) groups excluding carboxylic acids is 3. The van der Waals surface area contributed by atoms with Gasteiger partial charge in [-0.2, -0.15) is 0 Å². The van der Waals surface area contributed by atoms with Crippen LogP contribution in [0.4, 0.5) is 11.4 Å². The fourth-order valence-corrected chi connectivity index (χ4v) is 2.46. The fraction of sp³-hybridized carbons (Fsp3) is 0.211. The van der Waals surface area contributed by atoms with Gasteiger partial charge in [0.15, 0.2) is 0 Å². The van der Waals surface area contributed by atoms with Gasteiger partial charge < -0.3 is 20.1 Å². The van der Waals surface area contributed by atoms with Crippen LogP contribution < -0.4 is 15.4 Å². The highest BCUT2D eigenvalue weighted by atomic mass is 35.5. The third-order valence-corrected chi connectivity index (χ3v) is 3.73. The molecule has 0 radical (unpaired) electrons. The predicted molar refractivity (Wildman–Crippen MR) is 102 cm³/mol. The van der Waals surface area contributed by atoms with Crippen molar-refractivity contribution in [3.05, 3.63) is 53.1 Å². The Kier molecular flexibility index (Phi) is 7.19. The summed E-state index contributed by atoms with van der Waals surface area (Å²) in [5, 5.41) is 5.52. The number of benzene rings is 2. The zero-order valence-corrected chi connectivity index (χ0v) is 15.6. The summed E-state index contributed by atoms with van der Waals surface area (Å²) in [6.45, 7) is 2.00. The van der Waals surface area contributed by atoms with Crippen LogP contribution in [0.5, 0.6) is 5.75 Å². The summed E-state index contributed by atoms with van der Waals surface area (Å²) in [5.41, 5.74) is 1.30. The molecule has 7 nitrogen and oxygen atoms in total. The summed E-state index contributed by atoms with van der Waals surface area (Å²) in [6, 6.07) is 11.0. The van der Waals surface area contributed by atoms with Gasteiger partial charge in [0.25, 0.3) is 0 Å². The summed E-state index contributed by atoms with van der Waals surface area (Å²) in [5.74, 6) is -0.931. The van der Waals surface area contributed by atoms with E-state index in [9.17, 15) is 14.4 Å². The molecule has 2 aromatic carbocycles. The molecule has 0 atom stereocenters. The Balaban J connectivity index is 1.88. The van der Waals surface area contributed by atoms with Crippen molar-refractivity contribution >= 4 is 40.8 Å². The van der Waals surface area contributed by atoms with E-state index in [4.69, 9.17) is 21.1 Å². The van der Waals surface area contributed by atoms with Crippen LogP contribution in [-0.4, -0.2) is 31.5 Å². The van der Waals surface area contributed by atoms with Gasteiger partial charge in [-0.1, -0.05) is 11.6 Å². The Morgan fingerprint density at radius 2 is 1.56 bits per heavy atom. The molecular formula is C19H19ClN2O5. The first-order valence-corrected chi connectivity index (χ1v) is 8.51. The molecule has 0 saturated carbocycles. The average molecular weight is 391 g/mol. The fourth-order valence-electron chi connectivity index (χ4n) is 2.20. The molecule has 0 unspecified atom stereocenters. The highest BCUT2D eigenvalue weighted by Crippen LogP contribution is 2.27. The zero-order chi connectivity index (χ0) is 19.8. The molecule has 0 aromatic heterocycles. The molecule has 8 heteroatoms. The van der Waals surface area contributed by atoms with E-state index >= 15 is 0 Å². The van der Waals surface area contributed by atoms with E-state index in [1.807, 2.05) is 0 Å². The van der Waals surface area contributed by atoms with Gasteiger partial charge in [-0.25, -0.2) is 4.79 Å². The van der Waals surface area contributed by atoms with Crippen molar-refractivity contribution in [3.63, 3.8) is 0 Å². The van der Waals surface area contributed by atoms with E-state index in [1.54, 1.807) is 31.2 Å².